The molecule has 0 spiro atoms. The maximum atomic E-state index is 12.7. The van der Waals surface area contributed by atoms with Crippen molar-refractivity contribution in [3.05, 3.63) is 64.5 Å². The summed E-state index contributed by atoms with van der Waals surface area (Å²) in [5.74, 6) is 0.645. The molecule has 1 aromatic heterocycles. The van der Waals surface area contributed by atoms with Crippen molar-refractivity contribution in [1.29, 1.82) is 0 Å². The van der Waals surface area contributed by atoms with Crippen LogP contribution in [-0.2, 0) is 9.53 Å². The van der Waals surface area contributed by atoms with E-state index in [0.717, 1.165) is 18.4 Å². The van der Waals surface area contributed by atoms with Crippen LogP contribution in [0.25, 0.3) is 11.0 Å². The molecule has 0 aliphatic carbocycles. The fraction of sp³-hybridized carbons (Fsp3) is 0.304. The highest BCUT2D eigenvalue weighted by Gasteiger charge is 2.17. The zero-order valence-corrected chi connectivity index (χ0v) is 16.8. The van der Waals surface area contributed by atoms with E-state index in [4.69, 9.17) is 18.6 Å². The molecule has 0 fully saturated rings. The molecule has 152 valence electrons. The zero-order valence-electron chi connectivity index (χ0n) is 16.8. The summed E-state index contributed by atoms with van der Waals surface area (Å²) >= 11 is 0. The fourth-order valence-corrected chi connectivity index (χ4v) is 2.73. The molecule has 6 nitrogen and oxygen atoms in total. The smallest absolute Gasteiger partial charge is 0.347 e. The second kappa shape index (κ2) is 9.28. The van der Waals surface area contributed by atoms with E-state index in [2.05, 4.69) is 0 Å². The molecule has 1 atom stereocenters. The summed E-state index contributed by atoms with van der Waals surface area (Å²) in [6.45, 7) is 5.96. The Bertz CT molecular complexity index is 1050. The molecule has 0 aliphatic rings. The summed E-state index contributed by atoms with van der Waals surface area (Å²) in [5, 5.41) is 0.362. The first kappa shape index (κ1) is 20.5. The quantitative estimate of drug-likeness (QED) is 0.394. The van der Waals surface area contributed by atoms with Crippen LogP contribution in [0.1, 0.15) is 32.3 Å². The molecule has 3 rings (SSSR count). The predicted molar refractivity (Wildman–Crippen MR) is 110 cm³/mol. The van der Waals surface area contributed by atoms with Crippen LogP contribution in [0.2, 0.25) is 0 Å². The lowest BCUT2D eigenvalue weighted by molar-refractivity contribution is -0.151. The third-order valence-electron chi connectivity index (χ3n) is 4.32. The second-order valence-corrected chi connectivity index (χ2v) is 6.79. The van der Waals surface area contributed by atoms with Crippen molar-refractivity contribution < 1.29 is 23.4 Å². The average molecular weight is 396 g/mol. The van der Waals surface area contributed by atoms with E-state index in [1.807, 2.05) is 32.0 Å². The van der Waals surface area contributed by atoms with Gasteiger partial charge in [-0.15, -0.1) is 0 Å². The number of esters is 1. The van der Waals surface area contributed by atoms with Crippen molar-refractivity contribution in [2.75, 3.05) is 6.61 Å². The lowest BCUT2D eigenvalue weighted by Gasteiger charge is -2.14. The third-order valence-corrected chi connectivity index (χ3v) is 4.32. The Kier molecular flexibility index (Phi) is 6.54. The largest absolute Gasteiger partial charge is 0.479 e. The summed E-state index contributed by atoms with van der Waals surface area (Å²) < 4.78 is 22.0. The monoisotopic (exact) mass is 396 g/mol. The summed E-state index contributed by atoms with van der Waals surface area (Å²) in [7, 11) is 0. The van der Waals surface area contributed by atoms with Crippen LogP contribution in [-0.4, -0.2) is 18.7 Å². The minimum absolute atomic E-state index is 0.102. The molecule has 0 amide bonds. The van der Waals surface area contributed by atoms with E-state index in [-0.39, 0.29) is 11.2 Å². The number of carbonyl (C=O) groups excluding carboxylic acids is 1. The van der Waals surface area contributed by atoms with Gasteiger partial charge in [0.2, 0.25) is 11.2 Å². The van der Waals surface area contributed by atoms with Crippen LogP contribution in [0.3, 0.4) is 0 Å². The highest BCUT2D eigenvalue weighted by Crippen LogP contribution is 2.25. The molecule has 0 unspecified atom stereocenters. The van der Waals surface area contributed by atoms with Crippen molar-refractivity contribution in [2.45, 2.75) is 39.7 Å². The normalized spacial score (nSPS) is 11.8. The first-order valence-corrected chi connectivity index (χ1v) is 9.61. The standard InChI is InChI=1S/C23H24O6/c1-4-5-11-26-23(25)16(3)28-18-9-10-19-20(13-18)27-14-21(22(19)24)29-17-8-6-7-15(2)12-17/h6-10,12-14,16H,4-5,11H2,1-3H3/t16-/m0/s1. The molecule has 0 radical (unpaired) electrons. The molecule has 0 aliphatic heterocycles. The Morgan fingerprint density at radius 3 is 2.72 bits per heavy atom. The highest BCUT2D eigenvalue weighted by molar-refractivity contribution is 5.79. The molecule has 0 saturated carbocycles. The number of ether oxygens (including phenoxy) is 3. The summed E-state index contributed by atoms with van der Waals surface area (Å²) in [5.41, 5.74) is 1.08. The van der Waals surface area contributed by atoms with Crippen molar-refractivity contribution >= 4 is 16.9 Å². The van der Waals surface area contributed by atoms with Crippen molar-refractivity contribution in [3.8, 4) is 17.2 Å². The molecule has 0 bridgehead atoms. The maximum absolute atomic E-state index is 12.7. The van der Waals surface area contributed by atoms with Gasteiger partial charge in [-0.05, 0) is 50.1 Å². The number of hydrogen-bond donors (Lipinski definition) is 0. The number of carbonyl (C=O) groups is 1. The van der Waals surface area contributed by atoms with Gasteiger partial charge in [-0.25, -0.2) is 4.79 Å². The first-order valence-electron chi connectivity index (χ1n) is 9.61. The Hall–Kier alpha value is -3.28. The molecular weight excluding hydrogens is 372 g/mol. The Balaban J connectivity index is 1.75. The average Bonchev–Trinajstić information content (AvgIpc) is 2.70. The molecule has 6 heteroatoms. The molecule has 3 aromatic rings. The number of hydrogen-bond acceptors (Lipinski definition) is 6. The minimum atomic E-state index is -0.764. The SMILES string of the molecule is CCCCOC(=O)[C@H](C)Oc1ccc2c(=O)c(Oc3cccc(C)c3)coc2c1. The van der Waals surface area contributed by atoms with Gasteiger partial charge in [0.25, 0.3) is 0 Å². The number of unbranched alkanes of at least 4 members (excludes halogenated alkanes) is 1. The van der Waals surface area contributed by atoms with Crippen LogP contribution in [0.5, 0.6) is 17.2 Å². The molecule has 2 aromatic carbocycles. The number of aryl methyl sites for hydroxylation is 1. The topological polar surface area (TPSA) is 75.0 Å². The van der Waals surface area contributed by atoms with E-state index in [0.29, 0.717) is 29.1 Å². The van der Waals surface area contributed by atoms with Crippen molar-refractivity contribution in [2.24, 2.45) is 0 Å². The number of fused-ring (bicyclic) bond motifs is 1. The maximum Gasteiger partial charge on any atom is 0.347 e. The lowest BCUT2D eigenvalue weighted by Crippen LogP contribution is -2.26. The van der Waals surface area contributed by atoms with Gasteiger partial charge in [-0.3, -0.25) is 4.79 Å². The first-order chi connectivity index (χ1) is 14.0. The summed E-state index contributed by atoms with van der Waals surface area (Å²) in [6, 6.07) is 12.2. The predicted octanol–water partition coefficient (Wildman–Crippen LogP) is 5.00. The van der Waals surface area contributed by atoms with Gasteiger partial charge in [-0.2, -0.15) is 0 Å². The highest BCUT2D eigenvalue weighted by atomic mass is 16.6. The van der Waals surface area contributed by atoms with Crippen LogP contribution >= 0.6 is 0 Å². The van der Waals surface area contributed by atoms with Crippen LogP contribution < -0.4 is 14.9 Å². The Morgan fingerprint density at radius 2 is 1.97 bits per heavy atom. The third kappa shape index (κ3) is 5.16. The van der Waals surface area contributed by atoms with E-state index in [1.54, 1.807) is 31.2 Å². The Morgan fingerprint density at radius 1 is 1.14 bits per heavy atom. The van der Waals surface area contributed by atoms with Gasteiger partial charge in [0, 0.05) is 6.07 Å². The molecule has 1 heterocycles. The number of rotatable bonds is 8. The number of benzene rings is 2. The van der Waals surface area contributed by atoms with Gasteiger partial charge in [-0.1, -0.05) is 25.5 Å². The van der Waals surface area contributed by atoms with Crippen LogP contribution in [0, 0.1) is 6.92 Å². The molecule has 0 N–H and O–H groups in total. The van der Waals surface area contributed by atoms with E-state index >= 15 is 0 Å². The van der Waals surface area contributed by atoms with Crippen molar-refractivity contribution in [1.82, 2.24) is 0 Å². The zero-order chi connectivity index (χ0) is 20.8. The van der Waals surface area contributed by atoms with Crippen LogP contribution in [0.15, 0.2) is 57.9 Å². The summed E-state index contributed by atoms with van der Waals surface area (Å²) in [4.78, 5) is 24.7. The van der Waals surface area contributed by atoms with Gasteiger partial charge in [0.1, 0.15) is 23.3 Å². The van der Waals surface area contributed by atoms with Crippen molar-refractivity contribution in [3.63, 3.8) is 0 Å². The minimum Gasteiger partial charge on any atom is -0.479 e. The summed E-state index contributed by atoms with van der Waals surface area (Å²) in [6.07, 6.45) is 2.27. The molecule has 29 heavy (non-hydrogen) atoms. The van der Waals surface area contributed by atoms with E-state index in [1.165, 1.54) is 6.26 Å². The van der Waals surface area contributed by atoms with Gasteiger partial charge >= 0.3 is 5.97 Å². The van der Waals surface area contributed by atoms with E-state index < -0.39 is 12.1 Å². The van der Waals surface area contributed by atoms with Gasteiger partial charge < -0.3 is 18.6 Å². The lowest BCUT2D eigenvalue weighted by atomic mass is 10.2. The van der Waals surface area contributed by atoms with Gasteiger partial charge in [0.15, 0.2) is 6.10 Å². The van der Waals surface area contributed by atoms with Gasteiger partial charge in [0.05, 0.1) is 12.0 Å². The van der Waals surface area contributed by atoms with E-state index in [9.17, 15) is 9.59 Å². The second-order valence-electron chi connectivity index (χ2n) is 6.79. The van der Waals surface area contributed by atoms with Crippen LogP contribution in [0.4, 0.5) is 0 Å². The molecular formula is C23H24O6. The fourth-order valence-electron chi connectivity index (χ4n) is 2.73. The molecule has 0 saturated heterocycles. The Labute approximate surface area is 169 Å².